The van der Waals surface area contributed by atoms with Crippen molar-refractivity contribution in [2.45, 2.75) is 32.7 Å². The van der Waals surface area contributed by atoms with Gasteiger partial charge < -0.3 is 14.7 Å². The monoisotopic (exact) mass is 409 g/mol. The van der Waals surface area contributed by atoms with Gasteiger partial charge in [0.2, 0.25) is 5.91 Å². The molecule has 0 aliphatic carbocycles. The van der Waals surface area contributed by atoms with Gasteiger partial charge in [-0.2, -0.15) is 0 Å². The molecule has 0 fully saturated rings. The predicted molar refractivity (Wildman–Crippen MR) is 112 cm³/mol. The van der Waals surface area contributed by atoms with Crippen molar-refractivity contribution in [2.75, 3.05) is 11.9 Å². The number of aromatic nitrogens is 1. The Morgan fingerprint density at radius 3 is 2.72 bits per heavy atom. The van der Waals surface area contributed by atoms with Gasteiger partial charge in [-0.25, -0.2) is 0 Å². The van der Waals surface area contributed by atoms with E-state index in [2.05, 4.69) is 24.3 Å². The van der Waals surface area contributed by atoms with Crippen molar-refractivity contribution in [3.05, 3.63) is 69.6 Å². The molecule has 0 unspecified atom stereocenters. The van der Waals surface area contributed by atoms with Crippen LogP contribution in [0.2, 0.25) is 0 Å². The van der Waals surface area contributed by atoms with Gasteiger partial charge >= 0.3 is 0 Å². The third-order valence-corrected chi connectivity index (χ3v) is 5.94. The Morgan fingerprint density at radius 1 is 1.28 bits per heavy atom. The van der Waals surface area contributed by atoms with Gasteiger partial charge in [0.05, 0.1) is 12.0 Å². The van der Waals surface area contributed by atoms with E-state index in [0.29, 0.717) is 23.7 Å². The zero-order valence-electron chi connectivity index (χ0n) is 16.6. The van der Waals surface area contributed by atoms with Crippen LogP contribution in [0, 0.1) is 12.8 Å². The lowest BCUT2D eigenvalue weighted by molar-refractivity contribution is -0.119. The maximum Gasteiger partial charge on any atom is 0.254 e. The highest BCUT2D eigenvalue weighted by Crippen LogP contribution is 2.44. The van der Waals surface area contributed by atoms with E-state index < -0.39 is 5.92 Å². The first-order chi connectivity index (χ1) is 14.0. The van der Waals surface area contributed by atoms with E-state index in [0.717, 1.165) is 10.4 Å². The lowest BCUT2D eigenvalue weighted by Gasteiger charge is -2.41. The van der Waals surface area contributed by atoms with Crippen LogP contribution in [0.5, 0.6) is 0 Å². The number of aryl methyl sites for hydroxylation is 1. The Morgan fingerprint density at radius 2 is 2.07 bits per heavy atom. The molecule has 4 rings (SSSR count). The van der Waals surface area contributed by atoms with E-state index in [1.165, 1.54) is 0 Å². The molecule has 2 aromatic heterocycles. The average molecular weight is 410 g/mol. The summed E-state index contributed by atoms with van der Waals surface area (Å²) in [5.41, 5.74) is 1.33. The van der Waals surface area contributed by atoms with Gasteiger partial charge in [0.15, 0.2) is 5.82 Å². The summed E-state index contributed by atoms with van der Waals surface area (Å²) >= 11 is 1.56. The molecule has 1 N–H and O–H groups in total. The van der Waals surface area contributed by atoms with Crippen molar-refractivity contribution in [1.82, 2.24) is 10.1 Å². The van der Waals surface area contributed by atoms with Crippen molar-refractivity contribution in [2.24, 2.45) is 5.92 Å². The van der Waals surface area contributed by atoms with E-state index in [9.17, 15) is 9.59 Å². The molecule has 7 heteroatoms. The molecule has 0 radical (unpaired) electrons. The highest BCUT2D eigenvalue weighted by Gasteiger charge is 2.44. The van der Waals surface area contributed by atoms with E-state index in [1.807, 2.05) is 40.6 Å². The fourth-order valence-corrected chi connectivity index (χ4v) is 4.75. The quantitative estimate of drug-likeness (QED) is 0.667. The van der Waals surface area contributed by atoms with E-state index >= 15 is 0 Å². The summed E-state index contributed by atoms with van der Waals surface area (Å²) < 4.78 is 5.08. The van der Waals surface area contributed by atoms with E-state index in [1.54, 1.807) is 30.4 Å². The Balaban J connectivity index is 1.82. The molecular formula is C22H23N3O3S. The van der Waals surface area contributed by atoms with E-state index in [-0.39, 0.29) is 23.8 Å². The van der Waals surface area contributed by atoms with Gasteiger partial charge in [0, 0.05) is 23.1 Å². The van der Waals surface area contributed by atoms with Crippen molar-refractivity contribution in [3.63, 3.8) is 0 Å². The van der Waals surface area contributed by atoms with Gasteiger partial charge in [-0.3, -0.25) is 9.59 Å². The van der Waals surface area contributed by atoms with Crippen LogP contribution in [0.4, 0.5) is 5.82 Å². The zero-order valence-corrected chi connectivity index (χ0v) is 17.4. The number of benzene rings is 1. The predicted octanol–water partition coefficient (Wildman–Crippen LogP) is 4.62. The Labute approximate surface area is 173 Å². The lowest BCUT2D eigenvalue weighted by Crippen LogP contribution is -2.47. The highest BCUT2D eigenvalue weighted by atomic mass is 32.1. The number of rotatable bonds is 5. The van der Waals surface area contributed by atoms with Gasteiger partial charge in [0.1, 0.15) is 5.76 Å². The molecule has 2 atom stereocenters. The number of anilines is 1. The Hall–Kier alpha value is -2.93. The number of hydrogen-bond acceptors (Lipinski definition) is 5. The zero-order chi connectivity index (χ0) is 20.5. The van der Waals surface area contributed by atoms with Crippen LogP contribution in [0.15, 0.2) is 52.4 Å². The number of carbonyl (C=O) groups is 2. The van der Waals surface area contributed by atoms with Crippen molar-refractivity contribution < 1.29 is 14.1 Å². The molecule has 1 aliphatic rings. The van der Waals surface area contributed by atoms with Gasteiger partial charge in [-0.1, -0.05) is 43.3 Å². The van der Waals surface area contributed by atoms with Gasteiger partial charge in [-0.15, -0.1) is 11.3 Å². The molecule has 0 saturated heterocycles. The smallest absolute Gasteiger partial charge is 0.254 e. The van der Waals surface area contributed by atoms with Crippen molar-refractivity contribution in [1.29, 1.82) is 0 Å². The molecule has 1 aliphatic heterocycles. The van der Waals surface area contributed by atoms with Crippen LogP contribution in [0.3, 0.4) is 0 Å². The molecule has 3 heterocycles. The number of nitrogens with one attached hydrogen (secondary N) is 1. The maximum atomic E-state index is 13.5. The second-order valence-electron chi connectivity index (χ2n) is 7.69. The summed E-state index contributed by atoms with van der Waals surface area (Å²) in [4.78, 5) is 29.7. The lowest BCUT2D eigenvalue weighted by atomic mass is 9.81. The van der Waals surface area contributed by atoms with Crippen LogP contribution in [0.1, 0.15) is 52.4 Å². The second-order valence-corrected chi connectivity index (χ2v) is 8.67. The first kappa shape index (κ1) is 19.4. The number of thiophene rings is 1. The first-order valence-corrected chi connectivity index (χ1v) is 10.5. The third-order valence-electron chi connectivity index (χ3n) is 5.00. The third kappa shape index (κ3) is 3.70. The molecule has 0 bridgehead atoms. The van der Waals surface area contributed by atoms with E-state index in [4.69, 9.17) is 4.52 Å². The number of nitrogens with zero attached hydrogens (tertiary/aromatic N) is 2. The number of hydrogen-bond donors (Lipinski definition) is 1. The minimum absolute atomic E-state index is 0.0333. The van der Waals surface area contributed by atoms with Gasteiger partial charge in [0.25, 0.3) is 5.91 Å². The molecule has 0 saturated carbocycles. The summed E-state index contributed by atoms with van der Waals surface area (Å²) in [5.74, 6) is 0.490. The summed E-state index contributed by atoms with van der Waals surface area (Å²) in [7, 11) is 0. The minimum atomic E-state index is -0.543. The fourth-order valence-electron chi connectivity index (χ4n) is 3.88. The van der Waals surface area contributed by atoms with Crippen LogP contribution in [0.25, 0.3) is 0 Å². The normalized spacial score (nSPS) is 18.8. The summed E-state index contributed by atoms with van der Waals surface area (Å²) in [6.45, 7) is 6.50. The second kappa shape index (κ2) is 7.83. The van der Waals surface area contributed by atoms with Crippen LogP contribution >= 0.6 is 11.3 Å². The minimum Gasteiger partial charge on any atom is -0.360 e. The molecule has 0 spiro atoms. The summed E-state index contributed by atoms with van der Waals surface area (Å²) in [6.07, 6.45) is 0. The molecule has 29 heavy (non-hydrogen) atoms. The number of amides is 2. The molecule has 150 valence electrons. The van der Waals surface area contributed by atoms with Crippen LogP contribution in [-0.4, -0.2) is 28.4 Å². The van der Waals surface area contributed by atoms with Crippen molar-refractivity contribution >= 4 is 29.0 Å². The SMILES string of the molecule is Cc1cc(NC(=O)[C@@H]2c3ccccc3C(=O)N(CC(C)C)[C@@H]2c2cccs2)no1. The highest BCUT2D eigenvalue weighted by molar-refractivity contribution is 7.10. The number of fused-ring (bicyclic) bond motifs is 1. The largest absolute Gasteiger partial charge is 0.360 e. The topological polar surface area (TPSA) is 75.4 Å². The average Bonchev–Trinajstić information content (AvgIpc) is 3.35. The molecule has 3 aromatic rings. The molecular weight excluding hydrogens is 386 g/mol. The summed E-state index contributed by atoms with van der Waals surface area (Å²) in [5, 5.41) is 8.74. The first-order valence-electron chi connectivity index (χ1n) is 9.63. The molecule has 2 amide bonds. The standard InChI is InChI=1S/C22H23N3O3S/c1-13(2)12-25-20(17-9-6-10-29-17)19(15-7-4-5-8-16(15)22(25)27)21(26)23-18-11-14(3)28-24-18/h4-11,13,19-20H,12H2,1-3H3,(H,23,24,26)/t19-,20-/m1/s1. The number of carbonyl (C=O) groups excluding carboxylic acids is 2. The van der Waals surface area contributed by atoms with Gasteiger partial charge in [-0.05, 0) is 35.9 Å². The molecule has 6 nitrogen and oxygen atoms in total. The summed E-state index contributed by atoms with van der Waals surface area (Å²) in [6, 6.07) is 12.6. The van der Waals surface area contributed by atoms with Crippen molar-refractivity contribution in [3.8, 4) is 0 Å². The molecule has 1 aromatic carbocycles. The fraction of sp³-hybridized carbons (Fsp3) is 0.318. The van der Waals surface area contributed by atoms with Crippen LogP contribution < -0.4 is 5.32 Å². The van der Waals surface area contributed by atoms with Crippen LogP contribution in [-0.2, 0) is 4.79 Å². The maximum absolute atomic E-state index is 13.5. The Bertz CT molecular complexity index is 1030. The Kier molecular flexibility index (Phi) is 5.24.